The Balaban J connectivity index is 2.09. The van der Waals surface area contributed by atoms with Crippen molar-refractivity contribution in [2.24, 2.45) is 0 Å². The Hall–Kier alpha value is -3.36. The summed E-state index contributed by atoms with van der Waals surface area (Å²) in [7, 11) is 1.30. The highest BCUT2D eigenvalue weighted by Gasteiger charge is 2.28. The monoisotopic (exact) mass is 473 g/mol. The third kappa shape index (κ3) is 8.53. The molecule has 34 heavy (non-hydrogen) atoms. The summed E-state index contributed by atoms with van der Waals surface area (Å²) in [5.41, 5.74) is 1.09. The zero-order valence-electron chi connectivity index (χ0n) is 20.5. The summed E-state index contributed by atoms with van der Waals surface area (Å²) in [6, 6.07) is 7.37. The van der Waals surface area contributed by atoms with Gasteiger partial charge < -0.3 is 25.4 Å². The van der Waals surface area contributed by atoms with Gasteiger partial charge in [-0.2, -0.15) is 0 Å². The van der Waals surface area contributed by atoms with E-state index in [9.17, 15) is 19.2 Å². The SMILES string of the molecule is COC(=O)C1=C(NC(=O)[C@@H](C)NC(=O)[C@@H](Cc2ccccc2)NC(=O)OC(C)(C)C)CCCC1. The van der Waals surface area contributed by atoms with E-state index in [1.807, 2.05) is 30.3 Å². The Kier molecular flexibility index (Phi) is 9.65. The van der Waals surface area contributed by atoms with E-state index in [0.717, 1.165) is 18.4 Å². The van der Waals surface area contributed by atoms with Crippen molar-refractivity contribution in [3.63, 3.8) is 0 Å². The number of alkyl carbamates (subject to hydrolysis) is 1. The van der Waals surface area contributed by atoms with Gasteiger partial charge in [-0.05, 0) is 58.9 Å². The molecule has 0 radical (unpaired) electrons. The molecule has 2 rings (SSSR count). The van der Waals surface area contributed by atoms with Gasteiger partial charge in [0.25, 0.3) is 0 Å². The maximum absolute atomic E-state index is 13.0. The Morgan fingerprint density at radius 3 is 2.24 bits per heavy atom. The van der Waals surface area contributed by atoms with Crippen LogP contribution >= 0.6 is 0 Å². The van der Waals surface area contributed by atoms with Crippen LogP contribution in [0.2, 0.25) is 0 Å². The second-order valence-corrected chi connectivity index (χ2v) is 9.26. The third-order valence-corrected chi connectivity index (χ3v) is 5.22. The number of carbonyl (C=O) groups excluding carboxylic acids is 4. The lowest BCUT2D eigenvalue weighted by atomic mass is 9.96. The number of methoxy groups -OCH3 is 1. The van der Waals surface area contributed by atoms with E-state index in [0.29, 0.717) is 24.1 Å². The Morgan fingerprint density at radius 1 is 0.971 bits per heavy atom. The van der Waals surface area contributed by atoms with Crippen molar-refractivity contribution in [2.45, 2.75) is 77.5 Å². The molecule has 0 unspecified atom stereocenters. The minimum absolute atomic E-state index is 0.220. The van der Waals surface area contributed by atoms with Crippen LogP contribution in [0.5, 0.6) is 0 Å². The van der Waals surface area contributed by atoms with Gasteiger partial charge in [0.05, 0.1) is 12.7 Å². The Morgan fingerprint density at radius 2 is 1.62 bits per heavy atom. The summed E-state index contributed by atoms with van der Waals surface area (Å²) in [4.78, 5) is 50.1. The van der Waals surface area contributed by atoms with Gasteiger partial charge in [0.15, 0.2) is 0 Å². The topological polar surface area (TPSA) is 123 Å². The van der Waals surface area contributed by atoms with E-state index in [2.05, 4.69) is 16.0 Å². The first kappa shape index (κ1) is 26.9. The molecule has 1 aromatic rings. The van der Waals surface area contributed by atoms with Gasteiger partial charge in [0.2, 0.25) is 11.8 Å². The van der Waals surface area contributed by atoms with Crippen molar-refractivity contribution >= 4 is 23.9 Å². The van der Waals surface area contributed by atoms with Gasteiger partial charge in [0.1, 0.15) is 17.7 Å². The second-order valence-electron chi connectivity index (χ2n) is 9.26. The molecule has 0 bridgehead atoms. The van der Waals surface area contributed by atoms with E-state index < -0.39 is 41.6 Å². The van der Waals surface area contributed by atoms with E-state index in [-0.39, 0.29) is 6.42 Å². The highest BCUT2D eigenvalue weighted by atomic mass is 16.6. The fourth-order valence-electron chi connectivity index (χ4n) is 3.54. The number of hydrogen-bond donors (Lipinski definition) is 3. The molecule has 186 valence electrons. The van der Waals surface area contributed by atoms with Crippen molar-refractivity contribution in [2.75, 3.05) is 7.11 Å². The molecule has 1 aliphatic carbocycles. The average molecular weight is 474 g/mol. The quantitative estimate of drug-likeness (QED) is 0.499. The Labute approximate surface area is 200 Å². The fraction of sp³-hybridized carbons (Fsp3) is 0.520. The zero-order valence-corrected chi connectivity index (χ0v) is 20.5. The lowest BCUT2D eigenvalue weighted by Gasteiger charge is -2.25. The van der Waals surface area contributed by atoms with Crippen LogP contribution in [0.3, 0.4) is 0 Å². The van der Waals surface area contributed by atoms with Crippen LogP contribution in [-0.2, 0) is 30.3 Å². The Bertz CT molecular complexity index is 920. The van der Waals surface area contributed by atoms with Crippen LogP contribution in [0.1, 0.15) is 58.9 Å². The number of allylic oxidation sites excluding steroid dienone is 1. The van der Waals surface area contributed by atoms with Gasteiger partial charge in [-0.1, -0.05) is 30.3 Å². The fourth-order valence-corrected chi connectivity index (χ4v) is 3.54. The minimum atomic E-state index is -0.952. The number of ether oxygens (including phenoxy) is 2. The van der Waals surface area contributed by atoms with Crippen LogP contribution in [0, 0.1) is 0 Å². The van der Waals surface area contributed by atoms with Crippen molar-refractivity contribution in [3.05, 3.63) is 47.2 Å². The summed E-state index contributed by atoms with van der Waals surface area (Å²) in [5, 5.41) is 8.02. The van der Waals surface area contributed by atoms with Crippen LogP contribution in [0.25, 0.3) is 0 Å². The van der Waals surface area contributed by atoms with Crippen molar-refractivity contribution in [3.8, 4) is 0 Å². The van der Waals surface area contributed by atoms with Gasteiger partial charge in [-0.15, -0.1) is 0 Å². The van der Waals surface area contributed by atoms with Gasteiger partial charge in [-0.3, -0.25) is 9.59 Å². The van der Waals surface area contributed by atoms with Gasteiger partial charge in [-0.25, -0.2) is 9.59 Å². The molecular weight excluding hydrogens is 438 g/mol. The van der Waals surface area contributed by atoms with Crippen LogP contribution in [0.4, 0.5) is 4.79 Å². The predicted molar refractivity (Wildman–Crippen MR) is 127 cm³/mol. The van der Waals surface area contributed by atoms with E-state index >= 15 is 0 Å². The molecule has 1 aliphatic rings. The number of esters is 1. The number of amides is 3. The maximum Gasteiger partial charge on any atom is 0.408 e. The van der Waals surface area contributed by atoms with Crippen LogP contribution in [-0.4, -0.2) is 48.7 Å². The summed E-state index contributed by atoms with van der Waals surface area (Å²) in [6.07, 6.45) is 2.26. The van der Waals surface area contributed by atoms with Crippen molar-refractivity contribution in [1.29, 1.82) is 0 Å². The molecule has 0 spiro atoms. The highest BCUT2D eigenvalue weighted by Crippen LogP contribution is 2.24. The molecule has 1 aromatic carbocycles. The summed E-state index contributed by atoms with van der Waals surface area (Å²) < 4.78 is 10.1. The number of rotatable bonds is 8. The predicted octanol–water partition coefficient (Wildman–Crippen LogP) is 2.74. The zero-order chi connectivity index (χ0) is 25.3. The first-order chi connectivity index (χ1) is 16.0. The summed E-state index contributed by atoms with van der Waals surface area (Å²) in [6.45, 7) is 6.73. The summed E-state index contributed by atoms with van der Waals surface area (Å²) in [5.74, 6) is -1.44. The molecule has 2 atom stereocenters. The molecule has 0 aliphatic heterocycles. The molecule has 9 nitrogen and oxygen atoms in total. The molecule has 3 N–H and O–H groups in total. The smallest absolute Gasteiger partial charge is 0.408 e. The molecule has 0 saturated heterocycles. The first-order valence-corrected chi connectivity index (χ1v) is 11.4. The van der Waals surface area contributed by atoms with Crippen molar-refractivity contribution < 1.29 is 28.7 Å². The van der Waals surface area contributed by atoms with Crippen LogP contribution in [0.15, 0.2) is 41.6 Å². The maximum atomic E-state index is 13.0. The number of nitrogens with one attached hydrogen (secondary N) is 3. The van der Waals surface area contributed by atoms with Gasteiger partial charge in [0, 0.05) is 12.1 Å². The lowest BCUT2D eigenvalue weighted by molar-refractivity contribution is -0.136. The number of hydrogen-bond acceptors (Lipinski definition) is 6. The van der Waals surface area contributed by atoms with Crippen molar-refractivity contribution in [1.82, 2.24) is 16.0 Å². The van der Waals surface area contributed by atoms with E-state index in [1.54, 1.807) is 27.7 Å². The molecule has 0 saturated carbocycles. The average Bonchev–Trinajstić information content (AvgIpc) is 2.77. The molecular formula is C25H35N3O6. The second kappa shape index (κ2) is 12.2. The van der Waals surface area contributed by atoms with E-state index in [4.69, 9.17) is 9.47 Å². The van der Waals surface area contributed by atoms with Gasteiger partial charge >= 0.3 is 12.1 Å². The largest absolute Gasteiger partial charge is 0.466 e. The summed E-state index contributed by atoms with van der Waals surface area (Å²) >= 11 is 0. The molecule has 0 aromatic heterocycles. The van der Waals surface area contributed by atoms with E-state index in [1.165, 1.54) is 7.11 Å². The molecule has 3 amide bonds. The minimum Gasteiger partial charge on any atom is -0.466 e. The first-order valence-electron chi connectivity index (χ1n) is 11.4. The molecule has 0 heterocycles. The highest BCUT2D eigenvalue weighted by molar-refractivity contribution is 5.94. The third-order valence-electron chi connectivity index (χ3n) is 5.22. The lowest BCUT2D eigenvalue weighted by Crippen LogP contribution is -2.54. The van der Waals surface area contributed by atoms with Crippen LogP contribution < -0.4 is 16.0 Å². The molecule has 0 fully saturated rings. The normalized spacial score (nSPS) is 15.6. The standard InChI is InChI=1S/C25H35N3O6/c1-16(21(29)27-19-14-10-9-13-18(19)23(31)33-5)26-22(30)20(15-17-11-7-6-8-12-17)28-24(32)34-25(2,3)4/h6-8,11-12,16,20H,9-10,13-15H2,1-5H3,(H,26,30)(H,27,29)(H,28,32)/t16-,20-/m1/s1. The molecule has 9 heteroatoms. The number of carbonyl (C=O) groups is 4. The number of benzene rings is 1.